The minimum Gasteiger partial charge on any atom is -0.497 e. The van der Waals surface area contributed by atoms with Gasteiger partial charge in [0.2, 0.25) is 0 Å². The molecule has 6 heteroatoms. The highest BCUT2D eigenvalue weighted by Crippen LogP contribution is 2.14. The zero-order chi connectivity index (χ0) is 16.1. The molecule has 22 heavy (non-hydrogen) atoms. The Morgan fingerprint density at radius 1 is 1.23 bits per heavy atom. The fourth-order valence-electron chi connectivity index (χ4n) is 2.03. The first-order valence-electron chi connectivity index (χ1n) is 6.80. The number of hydrogen-bond donors (Lipinski definition) is 1. The van der Waals surface area contributed by atoms with Crippen LogP contribution in [0.1, 0.15) is 10.4 Å². The smallest absolute Gasteiger partial charge is 0.255 e. The van der Waals surface area contributed by atoms with Gasteiger partial charge in [0.15, 0.2) is 0 Å². The molecule has 1 amide bonds. The number of ether oxygens (including phenoxy) is 1. The second-order valence-corrected chi connectivity index (χ2v) is 4.77. The Kier molecular flexibility index (Phi) is 4.95. The van der Waals surface area contributed by atoms with Crippen LogP contribution in [0.2, 0.25) is 0 Å². The predicted octanol–water partition coefficient (Wildman–Crippen LogP) is 0.910. The third-order valence-electron chi connectivity index (χ3n) is 3.29. The van der Waals surface area contributed by atoms with Crippen molar-refractivity contribution in [2.75, 3.05) is 27.3 Å². The van der Waals surface area contributed by atoms with Crippen LogP contribution in [0.5, 0.6) is 5.75 Å². The van der Waals surface area contributed by atoms with Gasteiger partial charge in [-0.05, 0) is 30.3 Å². The van der Waals surface area contributed by atoms with Gasteiger partial charge in [0, 0.05) is 31.5 Å². The summed E-state index contributed by atoms with van der Waals surface area (Å²) in [5, 5.41) is 8.90. The summed E-state index contributed by atoms with van der Waals surface area (Å²) in [5.41, 5.74) is 0.795. The van der Waals surface area contributed by atoms with Gasteiger partial charge in [-0.25, -0.2) is 0 Å². The molecule has 1 heterocycles. The molecule has 0 spiro atoms. The van der Waals surface area contributed by atoms with E-state index in [0.717, 1.165) is 0 Å². The molecular weight excluding hydrogens is 284 g/mol. The maximum Gasteiger partial charge on any atom is 0.255 e. The van der Waals surface area contributed by atoms with Gasteiger partial charge in [-0.3, -0.25) is 14.2 Å². The molecule has 0 saturated heterocycles. The third kappa shape index (κ3) is 3.35. The number of benzene rings is 1. The summed E-state index contributed by atoms with van der Waals surface area (Å²) < 4.78 is 6.49. The molecule has 0 atom stereocenters. The number of carbonyl (C=O) groups is 1. The molecule has 0 aliphatic heterocycles. The lowest BCUT2D eigenvalue weighted by Crippen LogP contribution is -2.30. The van der Waals surface area contributed by atoms with Gasteiger partial charge in [-0.1, -0.05) is 0 Å². The molecule has 0 aliphatic rings. The maximum absolute atomic E-state index is 12.2. The fraction of sp³-hybridized carbons (Fsp3) is 0.250. The number of nitrogens with zero attached hydrogens (tertiary/aromatic N) is 2. The summed E-state index contributed by atoms with van der Waals surface area (Å²) in [5.74, 6) is 0.433. The first-order chi connectivity index (χ1) is 10.6. The number of aliphatic hydroxyl groups excluding tert-OH is 1. The number of pyridine rings is 1. The van der Waals surface area contributed by atoms with Gasteiger partial charge in [0.1, 0.15) is 5.75 Å². The predicted molar refractivity (Wildman–Crippen MR) is 82.6 cm³/mol. The van der Waals surface area contributed by atoms with Crippen molar-refractivity contribution < 1.29 is 14.6 Å². The average Bonchev–Trinajstić information content (AvgIpc) is 2.55. The summed E-state index contributed by atoms with van der Waals surface area (Å²) in [6.45, 7) is 0.126. The molecular formula is C16H18N2O4. The fourth-order valence-corrected chi connectivity index (χ4v) is 2.03. The van der Waals surface area contributed by atoms with Gasteiger partial charge in [0.05, 0.1) is 19.3 Å². The van der Waals surface area contributed by atoms with E-state index in [1.807, 2.05) is 0 Å². The molecule has 1 aromatic carbocycles. The van der Waals surface area contributed by atoms with E-state index in [1.165, 1.54) is 27.8 Å². The number of aliphatic hydroxyl groups is 1. The molecule has 0 saturated carbocycles. The van der Waals surface area contributed by atoms with Crippen molar-refractivity contribution in [1.29, 1.82) is 0 Å². The number of likely N-dealkylation sites (N-methyl/N-ethyl adjacent to an activating group) is 1. The minimum absolute atomic E-state index is 0.111. The monoisotopic (exact) mass is 302 g/mol. The molecule has 6 nitrogen and oxygen atoms in total. The summed E-state index contributed by atoms with van der Waals surface area (Å²) in [4.78, 5) is 25.6. The average molecular weight is 302 g/mol. The lowest BCUT2D eigenvalue weighted by molar-refractivity contribution is 0.0766. The maximum atomic E-state index is 12.2. The minimum atomic E-state index is -0.253. The van der Waals surface area contributed by atoms with Crippen molar-refractivity contribution in [1.82, 2.24) is 9.47 Å². The zero-order valence-electron chi connectivity index (χ0n) is 12.5. The van der Waals surface area contributed by atoms with Crippen LogP contribution in [-0.4, -0.2) is 47.8 Å². The van der Waals surface area contributed by atoms with Crippen LogP contribution in [-0.2, 0) is 0 Å². The number of methoxy groups -OCH3 is 1. The molecule has 116 valence electrons. The molecule has 1 aromatic heterocycles. The van der Waals surface area contributed by atoms with Crippen molar-refractivity contribution in [2.24, 2.45) is 0 Å². The van der Waals surface area contributed by atoms with Crippen molar-refractivity contribution in [3.8, 4) is 11.4 Å². The third-order valence-corrected chi connectivity index (χ3v) is 3.29. The van der Waals surface area contributed by atoms with Crippen molar-refractivity contribution >= 4 is 5.91 Å². The van der Waals surface area contributed by atoms with E-state index in [-0.39, 0.29) is 24.6 Å². The Morgan fingerprint density at radius 3 is 2.50 bits per heavy atom. The summed E-state index contributed by atoms with van der Waals surface area (Å²) in [7, 11) is 3.17. The van der Waals surface area contributed by atoms with Crippen LogP contribution in [0.3, 0.4) is 0 Å². The molecule has 2 rings (SSSR count). The number of carbonyl (C=O) groups excluding carboxylic acids is 1. The number of amides is 1. The second-order valence-electron chi connectivity index (χ2n) is 4.77. The van der Waals surface area contributed by atoms with E-state index in [0.29, 0.717) is 17.0 Å². The van der Waals surface area contributed by atoms with E-state index in [2.05, 4.69) is 0 Å². The second kappa shape index (κ2) is 6.91. The highest BCUT2D eigenvalue weighted by Gasteiger charge is 2.13. The van der Waals surface area contributed by atoms with Crippen LogP contribution >= 0.6 is 0 Å². The van der Waals surface area contributed by atoms with Crippen LogP contribution < -0.4 is 10.3 Å². The Morgan fingerprint density at radius 2 is 1.91 bits per heavy atom. The lowest BCUT2D eigenvalue weighted by Gasteiger charge is -2.16. The number of rotatable bonds is 5. The van der Waals surface area contributed by atoms with Gasteiger partial charge in [0.25, 0.3) is 11.5 Å². The van der Waals surface area contributed by atoms with Gasteiger partial charge >= 0.3 is 0 Å². The van der Waals surface area contributed by atoms with Gasteiger partial charge in [-0.2, -0.15) is 0 Å². The molecule has 0 bridgehead atoms. The van der Waals surface area contributed by atoms with E-state index >= 15 is 0 Å². The normalized spacial score (nSPS) is 10.3. The van der Waals surface area contributed by atoms with Gasteiger partial charge < -0.3 is 14.7 Å². The SMILES string of the molecule is COc1ccc(-n2cc(C(=O)N(C)CCO)ccc2=O)cc1. The summed E-state index contributed by atoms with van der Waals surface area (Å²) >= 11 is 0. The standard InChI is InChI=1S/C16H18N2O4/c1-17(9-10-19)16(21)12-3-8-15(20)18(11-12)13-4-6-14(22-2)7-5-13/h3-8,11,19H,9-10H2,1-2H3. The molecule has 0 aliphatic carbocycles. The molecule has 1 N–H and O–H groups in total. The molecule has 2 aromatic rings. The highest BCUT2D eigenvalue weighted by atomic mass is 16.5. The van der Waals surface area contributed by atoms with Crippen LogP contribution in [0.4, 0.5) is 0 Å². The van der Waals surface area contributed by atoms with E-state index in [9.17, 15) is 9.59 Å². The Balaban J connectivity index is 2.38. The largest absolute Gasteiger partial charge is 0.497 e. The van der Waals surface area contributed by atoms with E-state index in [1.54, 1.807) is 38.4 Å². The topological polar surface area (TPSA) is 71.8 Å². The Labute approximate surface area is 128 Å². The number of hydrogen-bond acceptors (Lipinski definition) is 4. The summed E-state index contributed by atoms with van der Waals surface area (Å²) in [6.07, 6.45) is 1.50. The summed E-state index contributed by atoms with van der Waals surface area (Å²) in [6, 6.07) is 9.81. The Hall–Kier alpha value is -2.60. The first-order valence-corrected chi connectivity index (χ1v) is 6.80. The van der Waals surface area contributed by atoms with Crippen LogP contribution in [0, 0.1) is 0 Å². The van der Waals surface area contributed by atoms with Crippen LogP contribution in [0.15, 0.2) is 47.4 Å². The lowest BCUT2D eigenvalue weighted by atomic mass is 10.2. The van der Waals surface area contributed by atoms with Crippen molar-refractivity contribution in [3.63, 3.8) is 0 Å². The number of aromatic nitrogens is 1. The molecule has 0 fully saturated rings. The van der Waals surface area contributed by atoms with E-state index in [4.69, 9.17) is 9.84 Å². The van der Waals surface area contributed by atoms with Crippen molar-refractivity contribution in [3.05, 3.63) is 58.5 Å². The molecule has 0 unspecified atom stereocenters. The first kappa shape index (κ1) is 15.8. The van der Waals surface area contributed by atoms with Gasteiger partial charge in [-0.15, -0.1) is 0 Å². The zero-order valence-corrected chi connectivity index (χ0v) is 12.5. The molecule has 0 radical (unpaired) electrons. The Bertz CT molecular complexity index is 707. The van der Waals surface area contributed by atoms with Crippen LogP contribution in [0.25, 0.3) is 5.69 Å². The van der Waals surface area contributed by atoms with Crippen molar-refractivity contribution in [2.45, 2.75) is 0 Å². The quantitative estimate of drug-likeness (QED) is 0.891. The van der Waals surface area contributed by atoms with E-state index < -0.39 is 0 Å². The highest BCUT2D eigenvalue weighted by molar-refractivity contribution is 5.93.